The molecule has 0 bridgehead atoms. The molecule has 0 aliphatic carbocycles. The summed E-state index contributed by atoms with van der Waals surface area (Å²) in [5.74, 6) is 2.12. The number of hydrogen-bond donors (Lipinski definition) is 2. The van der Waals surface area contributed by atoms with Crippen molar-refractivity contribution in [2.45, 2.75) is 0 Å². The van der Waals surface area contributed by atoms with Gasteiger partial charge in [0, 0.05) is 44.8 Å². The number of fused-ring (bicyclic) bond motifs is 1. The van der Waals surface area contributed by atoms with Crippen LogP contribution in [0.1, 0.15) is 0 Å². The number of aromatic nitrogens is 5. The van der Waals surface area contributed by atoms with Crippen LogP contribution < -0.4 is 15.5 Å². The van der Waals surface area contributed by atoms with Gasteiger partial charge in [0.2, 0.25) is 5.95 Å². The Bertz CT molecular complexity index is 1130. The maximum atomic E-state index is 9.42. The van der Waals surface area contributed by atoms with Gasteiger partial charge in [-0.3, -0.25) is 4.98 Å². The van der Waals surface area contributed by atoms with Crippen molar-refractivity contribution in [2.75, 3.05) is 41.7 Å². The number of nitrogens with zero attached hydrogens (tertiary/aromatic N) is 7. The number of hydrogen-bond acceptors (Lipinski definition) is 8. The Labute approximate surface area is 167 Å². The first-order chi connectivity index (χ1) is 14.2. The van der Waals surface area contributed by atoms with E-state index in [4.69, 9.17) is 10.7 Å². The predicted molar refractivity (Wildman–Crippen MR) is 111 cm³/mol. The monoisotopic (exact) mass is 388 g/mol. The molecule has 0 saturated carbocycles. The second-order valence-electron chi connectivity index (χ2n) is 6.89. The highest BCUT2D eigenvalue weighted by Gasteiger charge is 2.22. The lowest BCUT2D eigenvalue weighted by Crippen LogP contribution is -2.47. The molecule has 1 aliphatic rings. The zero-order valence-electron chi connectivity index (χ0n) is 15.7. The summed E-state index contributed by atoms with van der Waals surface area (Å²) in [4.78, 5) is 22.0. The van der Waals surface area contributed by atoms with E-state index in [1.807, 2.05) is 35.0 Å². The number of piperazine rings is 1. The number of rotatable bonds is 3. The van der Waals surface area contributed by atoms with Crippen LogP contribution in [0.4, 0.5) is 17.6 Å². The summed E-state index contributed by atoms with van der Waals surface area (Å²) in [6.07, 6.45) is 6.92. The zero-order chi connectivity index (χ0) is 19.8. The third-order valence-corrected chi connectivity index (χ3v) is 5.12. The van der Waals surface area contributed by atoms with E-state index < -0.39 is 0 Å². The molecule has 1 aliphatic heterocycles. The molecule has 0 spiro atoms. The summed E-state index contributed by atoms with van der Waals surface area (Å²) in [6, 6.07) is 9.28. The molecule has 0 amide bonds. The van der Waals surface area contributed by atoms with Crippen LogP contribution >= 0.6 is 0 Å². The maximum Gasteiger partial charge on any atom is 0.229 e. The van der Waals surface area contributed by atoms with Crippen molar-refractivity contribution in [1.82, 2.24) is 24.5 Å². The molecule has 5 heterocycles. The minimum Gasteiger partial charge on any atom is -0.506 e. The largest absolute Gasteiger partial charge is 0.506 e. The van der Waals surface area contributed by atoms with E-state index in [2.05, 4.69) is 24.8 Å². The van der Waals surface area contributed by atoms with E-state index in [0.717, 1.165) is 48.7 Å². The molecule has 0 unspecified atom stereocenters. The van der Waals surface area contributed by atoms with Crippen LogP contribution in [-0.2, 0) is 0 Å². The summed E-state index contributed by atoms with van der Waals surface area (Å²) in [5, 5.41) is 10.3. The lowest BCUT2D eigenvalue weighted by atomic mass is 10.3. The summed E-state index contributed by atoms with van der Waals surface area (Å²) >= 11 is 0. The highest BCUT2D eigenvalue weighted by Crippen LogP contribution is 2.26. The highest BCUT2D eigenvalue weighted by atomic mass is 16.3. The average Bonchev–Trinajstić information content (AvgIpc) is 3.20. The fourth-order valence-corrected chi connectivity index (χ4v) is 3.58. The van der Waals surface area contributed by atoms with Gasteiger partial charge in [0.25, 0.3) is 0 Å². The molecule has 1 saturated heterocycles. The van der Waals surface area contributed by atoms with Gasteiger partial charge >= 0.3 is 0 Å². The fraction of sp³-hybridized carbons (Fsp3) is 0.200. The van der Waals surface area contributed by atoms with Crippen molar-refractivity contribution in [3.63, 3.8) is 0 Å². The summed E-state index contributed by atoms with van der Waals surface area (Å²) in [7, 11) is 0. The molecule has 0 radical (unpaired) electrons. The van der Waals surface area contributed by atoms with E-state index in [9.17, 15) is 5.11 Å². The number of nitrogen functional groups attached to an aromatic ring is 1. The van der Waals surface area contributed by atoms with E-state index in [-0.39, 0.29) is 5.75 Å². The van der Waals surface area contributed by atoms with Gasteiger partial charge in [-0.15, -0.1) is 0 Å². The van der Waals surface area contributed by atoms with Gasteiger partial charge in [0.1, 0.15) is 17.4 Å². The molecule has 1 fully saturated rings. The molecule has 9 heteroatoms. The Kier molecular flexibility index (Phi) is 4.12. The van der Waals surface area contributed by atoms with Crippen molar-refractivity contribution in [1.29, 1.82) is 0 Å². The van der Waals surface area contributed by atoms with Crippen LogP contribution in [0.5, 0.6) is 5.75 Å². The number of pyridine rings is 2. The molecule has 146 valence electrons. The number of nitrogens with two attached hydrogens (primary N) is 1. The normalized spacial score (nSPS) is 14.5. The SMILES string of the molecule is Nc1nc(N2CCN(c3ccc(O)cn3)CC2)nc2c1ccn2-c1ccncc1. The van der Waals surface area contributed by atoms with Crippen LogP contribution in [-0.4, -0.2) is 55.8 Å². The fourth-order valence-electron chi connectivity index (χ4n) is 3.58. The number of aromatic hydroxyl groups is 1. The smallest absolute Gasteiger partial charge is 0.229 e. The highest BCUT2D eigenvalue weighted by molar-refractivity contribution is 5.88. The predicted octanol–water partition coefficient (Wildman–Crippen LogP) is 1.82. The molecule has 0 aromatic carbocycles. The first-order valence-corrected chi connectivity index (χ1v) is 9.39. The van der Waals surface area contributed by atoms with Gasteiger partial charge in [-0.2, -0.15) is 9.97 Å². The molecule has 4 aromatic rings. The average molecular weight is 388 g/mol. The van der Waals surface area contributed by atoms with Crippen LogP contribution in [0.25, 0.3) is 16.7 Å². The number of anilines is 3. The summed E-state index contributed by atoms with van der Waals surface area (Å²) < 4.78 is 2.00. The molecule has 0 atom stereocenters. The Hall–Kier alpha value is -3.88. The summed E-state index contributed by atoms with van der Waals surface area (Å²) in [5.41, 5.74) is 7.99. The van der Waals surface area contributed by atoms with Crippen LogP contribution in [0.2, 0.25) is 0 Å². The Balaban J connectivity index is 1.42. The summed E-state index contributed by atoms with van der Waals surface area (Å²) in [6.45, 7) is 3.07. The Morgan fingerprint density at radius 3 is 2.38 bits per heavy atom. The van der Waals surface area contributed by atoms with Crippen molar-refractivity contribution in [2.24, 2.45) is 0 Å². The van der Waals surface area contributed by atoms with E-state index in [1.165, 1.54) is 6.20 Å². The van der Waals surface area contributed by atoms with Gasteiger partial charge in [0.05, 0.1) is 17.3 Å². The first-order valence-electron chi connectivity index (χ1n) is 9.39. The molecule has 3 N–H and O–H groups in total. The topological polar surface area (TPSA) is 109 Å². The van der Waals surface area contributed by atoms with Gasteiger partial charge in [-0.05, 0) is 30.3 Å². The maximum absolute atomic E-state index is 9.42. The van der Waals surface area contributed by atoms with Crippen molar-refractivity contribution >= 4 is 28.6 Å². The van der Waals surface area contributed by atoms with Crippen molar-refractivity contribution < 1.29 is 5.11 Å². The third kappa shape index (κ3) is 3.16. The Morgan fingerprint density at radius 1 is 0.897 bits per heavy atom. The molecule has 29 heavy (non-hydrogen) atoms. The Morgan fingerprint density at radius 2 is 1.66 bits per heavy atom. The van der Waals surface area contributed by atoms with Gasteiger partial charge in [0.15, 0.2) is 5.65 Å². The second kappa shape index (κ2) is 6.93. The van der Waals surface area contributed by atoms with E-state index in [1.54, 1.807) is 18.5 Å². The van der Waals surface area contributed by atoms with Gasteiger partial charge < -0.3 is 25.2 Å². The van der Waals surface area contributed by atoms with Gasteiger partial charge in [-0.25, -0.2) is 4.98 Å². The quantitative estimate of drug-likeness (QED) is 0.547. The molecule has 4 aromatic heterocycles. The molecular weight excluding hydrogens is 368 g/mol. The minimum atomic E-state index is 0.168. The van der Waals surface area contributed by atoms with Crippen molar-refractivity contribution in [3.8, 4) is 11.4 Å². The van der Waals surface area contributed by atoms with Crippen LogP contribution in [0.3, 0.4) is 0 Å². The van der Waals surface area contributed by atoms with E-state index in [0.29, 0.717) is 11.8 Å². The van der Waals surface area contributed by atoms with Crippen molar-refractivity contribution in [3.05, 3.63) is 55.1 Å². The minimum absolute atomic E-state index is 0.168. The molecular formula is C20H20N8O. The van der Waals surface area contributed by atoms with Crippen LogP contribution in [0.15, 0.2) is 55.1 Å². The second-order valence-corrected chi connectivity index (χ2v) is 6.89. The van der Waals surface area contributed by atoms with Gasteiger partial charge in [-0.1, -0.05) is 0 Å². The lowest BCUT2D eigenvalue weighted by Gasteiger charge is -2.35. The lowest BCUT2D eigenvalue weighted by molar-refractivity contribution is 0.472. The molecule has 5 rings (SSSR count). The standard InChI is InChI=1S/C20H20N8O/c21-18-16-5-8-28(14-3-6-22-7-4-14)19(16)25-20(24-18)27-11-9-26(10-12-27)17-2-1-15(29)13-23-17/h1-8,13,29H,9-12H2,(H2,21,24,25). The molecule has 9 nitrogen and oxygen atoms in total. The zero-order valence-corrected chi connectivity index (χ0v) is 15.7. The van der Waals surface area contributed by atoms with E-state index >= 15 is 0 Å². The first kappa shape index (κ1) is 17.2. The van der Waals surface area contributed by atoms with Crippen LogP contribution in [0, 0.1) is 0 Å². The third-order valence-electron chi connectivity index (χ3n) is 5.12.